The van der Waals surface area contributed by atoms with Crippen LogP contribution in [0.2, 0.25) is 0 Å². The molecule has 0 saturated carbocycles. The van der Waals surface area contributed by atoms with Crippen molar-refractivity contribution in [2.24, 2.45) is 5.92 Å². The van der Waals surface area contributed by atoms with Gasteiger partial charge in [-0.05, 0) is 55.0 Å². The highest BCUT2D eigenvalue weighted by Crippen LogP contribution is 2.24. The normalized spacial score (nSPS) is 12.1. The molecule has 2 aromatic rings. The van der Waals surface area contributed by atoms with E-state index in [2.05, 4.69) is 51.2 Å². The number of ether oxygens (including phenoxy) is 1. The fourth-order valence-electron chi connectivity index (χ4n) is 3.00. The summed E-state index contributed by atoms with van der Waals surface area (Å²) in [5, 5.41) is 3.22. The zero-order chi connectivity index (χ0) is 18.4. The second kappa shape index (κ2) is 8.70. The van der Waals surface area contributed by atoms with Crippen molar-refractivity contribution in [2.75, 3.05) is 7.11 Å². The molecular weight excluding hydrogens is 310 g/mol. The lowest BCUT2D eigenvalue weighted by atomic mass is 9.96. The van der Waals surface area contributed by atoms with Gasteiger partial charge in [0.05, 0.1) is 19.6 Å². The Morgan fingerprint density at radius 3 is 2.36 bits per heavy atom. The van der Waals surface area contributed by atoms with Crippen molar-refractivity contribution >= 4 is 5.91 Å². The summed E-state index contributed by atoms with van der Waals surface area (Å²) in [6.07, 6.45) is 1.32. The quantitative estimate of drug-likeness (QED) is 0.790. The highest BCUT2D eigenvalue weighted by atomic mass is 16.5. The monoisotopic (exact) mass is 339 g/mol. The van der Waals surface area contributed by atoms with Gasteiger partial charge in [0, 0.05) is 0 Å². The fraction of sp³-hybridized carbons (Fsp3) is 0.409. The lowest BCUT2D eigenvalue weighted by Crippen LogP contribution is -2.31. The molecule has 0 bridgehead atoms. The van der Waals surface area contributed by atoms with E-state index >= 15 is 0 Å². The molecule has 0 aliphatic carbocycles. The Labute approximate surface area is 151 Å². The Bertz CT molecular complexity index is 704. The molecule has 1 atom stereocenters. The zero-order valence-corrected chi connectivity index (χ0v) is 15.9. The van der Waals surface area contributed by atoms with Gasteiger partial charge in [0.25, 0.3) is 0 Å². The van der Waals surface area contributed by atoms with E-state index in [0.29, 0.717) is 12.3 Å². The minimum Gasteiger partial charge on any atom is -0.497 e. The molecule has 3 nitrogen and oxygen atoms in total. The fourth-order valence-corrected chi connectivity index (χ4v) is 3.00. The van der Waals surface area contributed by atoms with E-state index < -0.39 is 0 Å². The second-order valence-electron chi connectivity index (χ2n) is 7.13. The van der Waals surface area contributed by atoms with E-state index in [9.17, 15) is 4.79 Å². The number of hydrogen-bond donors (Lipinski definition) is 1. The summed E-state index contributed by atoms with van der Waals surface area (Å²) >= 11 is 0. The number of rotatable bonds is 7. The van der Waals surface area contributed by atoms with Crippen molar-refractivity contribution in [1.29, 1.82) is 0 Å². The van der Waals surface area contributed by atoms with Crippen molar-refractivity contribution in [2.45, 2.75) is 46.6 Å². The van der Waals surface area contributed by atoms with E-state index in [1.165, 1.54) is 5.56 Å². The molecule has 1 N–H and O–H groups in total. The Morgan fingerprint density at radius 2 is 1.76 bits per heavy atom. The SMILES string of the molecule is COc1ccc([C@@H](CC(C)C)NC(=O)Cc2cc(C)ccc2C)cc1. The van der Waals surface area contributed by atoms with Crippen molar-refractivity contribution in [3.8, 4) is 5.75 Å². The third kappa shape index (κ3) is 5.63. The molecule has 25 heavy (non-hydrogen) atoms. The van der Waals surface area contributed by atoms with Gasteiger partial charge in [0.15, 0.2) is 0 Å². The molecule has 0 heterocycles. The number of carbonyl (C=O) groups excluding carboxylic acids is 1. The second-order valence-corrected chi connectivity index (χ2v) is 7.13. The molecule has 134 valence electrons. The van der Waals surface area contributed by atoms with Crippen LogP contribution in [0.5, 0.6) is 5.75 Å². The van der Waals surface area contributed by atoms with Crippen molar-refractivity contribution in [3.05, 3.63) is 64.7 Å². The van der Waals surface area contributed by atoms with Crippen LogP contribution in [0.25, 0.3) is 0 Å². The smallest absolute Gasteiger partial charge is 0.224 e. The molecule has 0 unspecified atom stereocenters. The molecule has 0 aromatic heterocycles. The first-order valence-electron chi connectivity index (χ1n) is 8.88. The van der Waals surface area contributed by atoms with Gasteiger partial charge < -0.3 is 10.1 Å². The number of amides is 1. The van der Waals surface area contributed by atoms with Gasteiger partial charge in [-0.3, -0.25) is 4.79 Å². The minimum atomic E-state index is 0.0171. The van der Waals surface area contributed by atoms with Crippen molar-refractivity contribution in [3.63, 3.8) is 0 Å². The Morgan fingerprint density at radius 1 is 1.08 bits per heavy atom. The highest BCUT2D eigenvalue weighted by Gasteiger charge is 2.17. The molecular formula is C22H29NO2. The molecule has 0 spiro atoms. The van der Waals surface area contributed by atoms with Crippen LogP contribution in [0.15, 0.2) is 42.5 Å². The third-order valence-electron chi connectivity index (χ3n) is 4.42. The Kier molecular flexibility index (Phi) is 6.63. The Hall–Kier alpha value is -2.29. The van der Waals surface area contributed by atoms with Crippen LogP contribution in [0, 0.1) is 19.8 Å². The first kappa shape index (κ1) is 19.0. The van der Waals surface area contributed by atoms with Crippen LogP contribution < -0.4 is 10.1 Å². The number of nitrogens with one attached hydrogen (secondary N) is 1. The van der Waals surface area contributed by atoms with Gasteiger partial charge >= 0.3 is 0 Å². The minimum absolute atomic E-state index is 0.0171. The summed E-state index contributed by atoms with van der Waals surface area (Å²) in [7, 11) is 1.66. The molecule has 2 aromatic carbocycles. The van der Waals surface area contributed by atoms with E-state index in [0.717, 1.165) is 28.9 Å². The number of carbonyl (C=O) groups is 1. The van der Waals surface area contributed by atoms with Crippen LogP contribution >= 0.6 is 0 Å². The molecule has 0 aliphatic rings. The summed E-state index contributed by atoms with van der Waals surface area (Å²) in [4.78, 5) is 12.6. The van der Waals surface area contributed by atoms with Crippen LogP contribution in [0.1, 0.15) is 48.6 Å². The van der Waals surface area contributed by atoms with E-state index in [4.69, 9.17) is 4.74 Å². The maximum Gasteiger partial charge on any atom is 0.224 e. The summed E-state index contributed by atoms with van der Waals surface area (Å²) < 4.78 is 5.23. The third-order valence-corrected chi connectivity index (χ3v) is 4.42. The Balaban J connectivity index is 2.12. The van der Waals surface area contributed by atoms with E-state index in [1.54, 1.807) is 7.11 Å². The van der Waals surface area contributed by atoms with Crippen LogP contribution in [0.3, 0.4) is 0 Å². The average molecular weight is 339 g/mol. The lowest BCUT2D eigenvalue weighted by Gasteiger charge is -2.22. The molecule has 0 fully saturated rings. The van der Waals surface area contributed by atoms with Gasteiger partial charge in [-0.1, -0.05) is 49.7 Å². The first-order valence-corrected chi connectivity index (χ1v) is 8.88. The number of aryl methyl sites for hydroxylation is 2. The van der Waals surface area contributed by atoms with Crippen molar-refractivity contribution in [1.82, 2.24) is 5.32 Å². The van der Waals surface area contributed by atoms with Gasteiger partial charge in [-0.25, -0.2) is 0 Å². The molecule has 0 aliphatic heterocycles. The molecule has 0 radical (unpaired) electrons. The maximum absolute atomic E-state index is 12.6. The van der Waals surface area contributed by atoms with Gasteiger partial charge in [0.2, 0.25) is 5.91 Å². The lowest BCUT2D eigenvalue weighted by molar-refractivity contribution is -0.121. The van der Waals surface area contributed by atoms with Crippen LogP contribution in [0.4, 0.5) is 0 Å². The van der Waals surface area contributed by atoms with Crippen molar-refractivity contribution < 1.29 is 9.53 Å². The first-order chi connectivity index (χ1) is 11.9. The van der Waals surface area contributed by atoms with Crippen LogP contribution in [-0.2, 0) is 11.2 Å². The van der Waals surface area contributed by atoms with Crippen LogP contribution in [-0.4, -0.2) is 13.0 Å². The van der Waals surface area contributed by atoms with Gasteiger partial charge in [-0.15, -0.1) is 0 Å². The molecule has 2 rings (SSSR count). The molecule has 1 amide bonds. The standard InChI is InChI=1S/C22H29NO2/c1-15(2)12-21(18-8-10-20(25-5)11-9-18)23-22(24)14-19-13-16(3)6-7-17(19)4/h6-11,13,15,21H,12,14H2,1-5H3,(H,23,24)/t21-/m1/s1. The maximum atomic E-state index is 12.6. The number of hydrogen-bond acceptors (Lipinski definition) is 2. The molecule has 3 heteroatoms. The number of methoxy groups -OCH3 is 1. The predicted molar refractivity (Wildman–Crippen MR) is 103 cm³/mol. The van der Waals surface area contributed by atoms with Gasteiger partial charge in [-0.2, -0.15) is 0 Å². The largest absolute Gasteiger partial charge is 0.497 e. The molecule has 0 saturated heterocycles. The highest BCUT2D eigenvalue weighted by molar-refractivity contribution is 5.79. The summed E-state index contributed by atoms with van der Waals surface area (Å²) in [6.45, 7) is 8.46. The summed E-state index contributed by atoms with van der Waals surface area (Å²) in [6, 6.07) is 14.2. The predicted octanol–water partition coefficient (Wildman–Crippen LogP) is 4.76. The summed E-state index contributed by atoms with van der Waals surface area (Å²) in [5.74, 6) is 1.39. The average Bonchev–Trinajstić information content (AvgIpc) is 2.57. The zero-order valence-electron chi connectivity index (χ0n) is 15.9. The van der Waals surface area contributed by atoms with Gasteiger partial charge in [0.1, 0.15) is 5.75 Å². The number of benzene rings is 2. The topological polar surface area (TPSA) is 38.3 Å². The summed E-state index contributed by atoms with van der Waals surface area (Å²) in [5.41, 5.74) is 4.55. The van der Waals surface area contributed by atoms with E-state index in [1.807, 2.05) is 24.3 Å². The van der Waals surface area contributed by atoms with E-state index in [-0.39, 0.29) is 11.9 Å².